The van der Waals surface area contributed by atoms with E-state index in [1.54, 1.807) is 25.6 Å². The summed E-state index contributed by atoms with van der Waals surface area (Å²) in [5, 5.41) is 14.2. The molecule has 0 bridgehead atoms. The van der Waals surface area contributed by atoms with Gasteiger partial charge in [-0.3, -0.25) is 4.68 Å². The van der Waals surface area contributed by atoms with Crippen molar-refractivity contribution in [2.75, 3.05) is 7.11 Å². The molecule has 1 N–H and O–H groups in total. The van der Waals surface area contributed by atoms with Gasteiger partial charge in [-0.1, -0.05) is 19.6 Å². The third-order valence-corrected chi connectivity index (χ3v) is 2.57. The van der Waals surface area contributed by atoms with E-state index >= 15 is 0 Å². The first-order chi connectivity index (χ1) is 8.49. The van der Waals surface area contributed by atoms with E-state index in [1.165, 1.54) is 0 Å². The summed E-state index contributed by atoms with van der Waals surface area (Å²) in [6, 6.07) is 9.67. The summed E-state index contributed by atoms with van der Waals surface area (Å²) in [4.78, 5) is 0. The number of methoxy groups -OCH3 is 1. The van der Waals surface area contributed by atoms with Gasteiger partial charge in [0, 0.05) is 11.8 Å². The molecule has 0 aliphatic heterocycles. The summed E-state index contributed by atoms with van der Waals surface area (Å²) >= 11 is 0. The van der Waals surface area contributed by atoms with Crippen molar-refractivity contribution in [3.8, 4) is 17.0 Å². The van der Waals surface area contributed by atoms with Crippen LogP contribution in [0.4, 0.5) is 0 Å². The van der Waals surface area contributed by atoms with E-state index in [0.29, 0.717) is 6.54 Å². The molecule has 0 unspecified atom stereocenters. The second-order valence-electron chi connectivity index (χ2n) is 4.91. The molecule has 0 fully saturated rings. The Morgan fingerprint density at radius 1 is 1.26 bits per heavy atom. The lowest BCUT2D eigenvalue weighted by Gasteiger charge is -2.16. The monoisotopic (exact) mass is 262 g/mol. The van der Waals surface area contributed by atoms with Gasteiger partial charge in [-0.2, -0.15) is 5.10 Å². The van der Waals surface area contributed by atoms with Crippen LogP contribution in [0.5, 0.6) is 5.75 Å². The number of aliphatic hydroxyl groups is 1. The molecule has 4 heteroatoms. The largest absolute Gasteiger partial charge is 0.496 e. The van der Waals surface area contributed by atoms with Gasteiger partial charge in [0.15, 0.2) is 0 Å². The van der Waals surface area contributed by atoms with Crippen LogP contribution in [0, 0.1) is 0 Å². The summed E-state index contributed by atoms with van der Waals surface area (Å²) in [6.45, 7) is 3.98. The van der Waals surface area contributed by atoms with Crippen molar-refractivity contribution < 1.29 is 9.84 Å². The molecule has 0 amide bonds. The molecule has 104 valence electrons. The number of nitrogens with zero attached hydrogens (tertiary/aromatic N) is 2. The number of hydrogen-bond acceptors (Lipinski definition) is 3. The molecule has 2 aromatic rings. The van der Waals surface area contributed by atoms with Crippen LogP contribution < -0.4 is 4.74 Å². The molecular weight excluding hydrogens is 240 g/mol. The molecule has 1 aromatic heterocycles. The van der Waals surface area contributed by atoms with Crippen LogP contribution in [0.25, 0.3) is 11.3 Å². The third kappa shape index (κ3) is 3.83. The fourth-order valence-corrected chi connectivity index (χ4v) is 1.85. The van der Waals surface area contributed by atoms with Crippen molar-refractivity contribution in [2.24, 2.45) is 0 Å². The van der Waals surface area contributed by atoms with Gasteiger partial charge in [0.1, 0.15) is 5.75 Å². The first kappa shape index (κ1) is 15.2. The highest BCUT2D eigenvalue weighted by molar-refractivity contribution is 5.66. The zero-order valence-corrected chi connectivity index (χ0v) is 10.9. The standard InChI is InChI=1S/C14H18N2O2.CH4/c1-14(2,17)10-16-9-8-12(15-16)11-6-4-5-7-13(11)18-3;/h4-9,17H,10H2,1-3H3;1H4. The van der Waals surface area contributed by atoms with Gasteiger partial charge in [0.25, 0.3) is 0 Å². The number of aromatic nitrogens is 2. The third-order valence-electron chi connectivity index (χ3n) is 2.57. The van der Waals surface area contributed by atoms with Gasteiger partial charge in [-0.15, -0.1) is 0 Å². The molecule has 0 saturated heterocycles. The average molecular weight is 262 g/mol. The van der Waals surface area contributed by atoms with E-state index in [0.717, 1.165) is 17.0 Å². The highest BCUT2D eigenvalue weighted by Crippen LogP contribution is 2.28. The van der Waals surface area contributed by atoms with Gasteiger partial charge in [0.05, 0.1) is 24.9 Å². The van der Waals surface area contributed by atoms with Crippen LogP contribution in [0.15, 0.2) is 36.5 Å². The average Bonchev–Trinajstić information content (AvgIpc) is 2.75. The zero-order valence-electron chi connectivity index (χ0n) is 10.9. The predicted molar refractivity (Wildman–Crippen MR) is 77.2 cm³/mol. The van der Waals surface area contributed by atoms with E-state index in [2.05, 4.69) is 5.10 Å². The lowest BCUT2D eigenvalue weighted by molar-refractivity contribution is 0.0578. The van der Waals surface area contributed by atoms with Crippen molar-refractivity contribution in [3.05, 3.63) is 36.5 Å². The Labute approximate surface area is 114 Å². The summed E-state index contributed by atoms with van der Waals surface area (Å²) in [5.74, 6) is 0.797. The number of para-hydroxylation sites is 1. The molecule has 0 spiro atoms. The summed E-state index contributed by atoms with van der Waals surface area (Å²) in [7, 11) is 1.65. The minimum atomic E-state index is -0.774. The quantitative estimate of drug-likeness (QED) is 0.921. The molecular formula is C15H22N2O2. The molecule has 4 nitrogen and oxygen atoms in total. The van der Waals surface area contributed by atoms with E-state index in [9.17, 15) is 5.11 Å². The molecule has 0 aliphatic rings. The van der Waals surface area contributed by atoms with Crippen LogP contribution in [-0.4, -0.2) is 27.6 Å². The highest BCUT2D eigenvalue weighted by atomic mass is 16.5. The Morgan fingerprint density at radius 3 is 2.58 bits per heavy atom. The molecule has 2 rings (SSSR count). The first-order valence-corrected chi connectivity index (χ1v) is 5.89. The lowest BCUT2D eigenvalue weighted by Crippen LogP contribution is -2.26. The Hall–Kier alpha value is -1.81. The Morgan fingerprint density at radius 2 is 1.95 bits per heavy atom. The maximum atomic E-state index is 9.77. The number of ether oxygens (including phenoxy) is 1. The smallest absolute Gasteiger partial charge is 0.128 e. The van der Waals surface area contributed by atoms with E-state index in [4.69, 9.17) is 4.74 Å². The maximum absolute atomic E-state index is 9.77. The molecule has 1 heterocycles. The van der Waals surface area contributed by atoms with Crippen LogP contribution in [0.2, 0.25) is 0 Å². The number of hydrogen-bond donors (Lipinski definition) is 1. The summed E-state index contributed by atoms with van der Waals surface area (Å²) in [6.07, 6.45) is 1.86. The van der Waals surface area contributed by atoms with Gasteiger partial charge in [0.2, 0.25) is 0 Å². The summed E-state index contributed by atoms with van der Waals surface area (Å²) < 4.78 is 7.05. The Kier molecular flexibility index (Phi) is 4.72. The maximum Gasteiger partial charge on any atom is 0.128 e. The number of rotatable bonds is 4. The molecule has 19 heavy (non-hydrogen) atoms. The van der Waals surface area contributed by atoms with Gasteiger partial charge < -0.3 is 9.84 Å². The van der Waals surface area contributed by atoms with E-state index in [1.807, 2.05) is 36.5 Å². The van der Waals surface area contributed by atoms with E-state index in [-0.39, 0.29) is 7.43 Å². The van der Waals surface area contributed by atoms with Crippen LogP contribution in [0.3, 0.4) is 0 Å². The van der Waals surface area contributed by atoms with E-state index < -0.39 is 5.60 Å². The minimum absolute atomic E-state index is 0. The zero-order chi connectivity index (χ0) is 13.2. The second-order valence-corrected chi connectivity index (χ2v) is 4.91. The minimum Gasteiger partial charge on any atom is -0.496 e. The second kappa shape index (κ2) is 5.89. The van der Waals surface area contributed by atoms with Crippen molar-refractivity contribution >= 4 is 0 Å². The normalized spacial score (nSPS) is 10.9. The Balaban J connectivity index is 0.00000180. The molecule has 0 saturated carbocycles. The van der Waals surface area contributed by atoms with Crippen LogP contribution in [0.1, 0.15) is 21.3 Å². The first-order valence-electron chi connectivity index (χ1n) is 5.89. The van der Waals surface area contributed by atoms with Crippen LogP contribution >= 0.6 is 0 Å². The molecule has 0 atom stereocenters. The number of benzene rings is 1. The topological polar surface area (TPSA) is 47.3 Å². The van der Waals surface area contributed by atoms with Crippen molar-refractivity contribution in [2.45, 2.75) is 33.4 Å². The molecule has 1 aromatic carbocycles. The van der Waals surface area contributed by atoms with Crippen molar-refractivity contribution in [1.82, 2.24) is 9.78 Å². The molecule has 0 aliphatic carbocycles. The summed E-state index contributed by atoms with van der Waals surface area (Å²) in [5.41, 5.74) is 1.02. The van der Waals surface area contributed by atoms with Gasteiger partial charge in [-0.25, -0.2) is 0 Å². The fourth-order valence-electron chi connectivity index (χ4n) is 1.85. The highest BCUT2D eigenvalue weighted by Gasteiger charge is 2.15. The fraction of sp³-hybridized carbons (Fsp3) is 0.400. The van der Waals surface area contributed by atoms with Gasteiger partial charge >= 0.3 is 0 Å². The van der Waals surface area contributed by atoms with Crippen molar-refractivity contribution in [1.29, 1.82) is 0 Å². The van der Waals surface area contributed by atoms with Gasteiger partial charge in [-0.05, 0) is 32.0 Å². The Bertz CT molecular complexity index is 527. The lowest BCUT2D eigenvalue weighted by atomic mass is 10.1. The molecule has 0 radical (unpaired) electrons. The van der Waals surface area contributed by atoms with Crippen LogP contribution in [-0.2, 0) is 6.54 Å². The van der Waals surface area contributed by atoms with Crippen molar-refractivity contribution in [3.63, 3.8) is 0 Å². The predicted octanol–water partition coefficient (Wildman–Crippen LogP) is 2.97. The SMILES string of the molecule is C.COc1ccccc1-c1ccn(CC(C)(C)O)n1.